The molecule has 1 aromatic rings. The number of benzene rings is 1. The van der Waals surface area contributed by atoms with Gasteiger partial charge in [0.1, 0.15) is 0 Å². The SMILES string of the molecule is CCNCc1ccc([N+](=O)[O-])c(OCCC(C)(C)C#N)c1. The molecule has 1 rings (SSSR count). The minimum absolute atomic E-state index is 0.0509. The van der Waals surface area contributed by atoms with Gasteiger partial charge in [0.15, 0.2) is 5.75 Å². The molecule has 0 radical (unpaired) electrons. The van der Waals surface area contributed by atoms with Gasteiger partial charge in [0.05, 0.1) is 23.0 Å². The van der Waals surface area contributed by atoms with Crippen molar-refractivity contribution in [1.29, 1.82) is 5.26 Å². The van der Waals surface area contributed by atoms with E-state index in [-0.39, 0.29) is 18.0 Å². The minimum Gasteiger partial charge on any atom is -0.487 e. The van der Waals surface area contributed by atoms with E-state index in [9.17, 15) is 10.1 Å². The van der Waals surface area contributed by atoms with Gasteiger partial charge in [0.2, 0.25) is 0 Å². The smallest absolute Gasteiger partial charge is 0.310 e. The molecule has 0 saturated heterocycles. The summed E-state index contributed by atoms with van der Waals surface area (Å²) in [6.45, 7) is 7.34. The maximum absolute atomic E-state index is 11.0. The fourth-order valence-corrected chi connectivity index (χ4v) is 1.68. The Morgan fingerprint density at radius 2 is 2.19 bits per heavy atom. The van der Waals surface area contributed by atoms with Gasteiger partial charge in [0, 0.05) is 12.6 Å². The third kappa shape index (κ3) is 5.40. The third-order valence-electron chi connectivity index (χ3n) is 3.09. The lowest BCUT2D eigenvalue weighted by molar-refractivity contribution is -0.385. The Bertz CT molecular complexity index is 535. The van der Waals surface area contributed by atoms with Crippen LogP contribution in [0.5, 0.6) is 5.75 Å². The quantitative estimate of drug-likeness (QED) is 0.587. The summed E-state index contributed by atoms with van der Waals surface area (Å²) in [4.78, 5) is 10.6. The Kier molecular flexibility index (Phi) is 6.12. The van der Waals surface area contributed by atoms with E-state index in [0.29, 0.717) is 13.0 Å². The first-order valence-electron chi connectivity index (χ1n) is 6.91. The van der Waals surface area contributed by atoms with Gasteiger partial charge in [0.25, 0.3) is 0 Å². The summed E-state index contributed by atoms with van der Waals surface area (Å²) >= 11 is 0. The van der Waals surface area contributed by atoms with E-state index in [4.69, 9.17) is 10.00 Å². The van der Waals surface area contributed by atoms with Gasteiger partial charge in [-0.25, -0.2) is 0 Å². The van der Waals surface area contributed by atoms with Crippen LogP contribution in [-0.2, 0) is 6.54 Å². The Labute approximate surface area is 124 Å². The number of hydrogen-bond acceptors (Lipinski definition) is 5. The van der Waals surface area contributed by atoms with Crippen LogP contribution < -0.4 is 10.1 Å². The summed E-state index contributed by atoms with van der Waals surface area (Å²) in [5.41, 5.74) is 0.373. The normalized spacial score (nSPS) is 11.0. The molecule has 1 aromatic carbocycles. The molecule has 0 bridgehead atoms. The Balaban J connectivity index is 2.81. The highest BCUT2D eigenvalue weighted by atomic mass is 16.6. The van der Waals surface area contributed by atoms with Crippen LogP contribution in [0.25, 0.3) is 0 Å². The molecule has 0 saturated carbocycles. The van der Waals surface area contributed by atoms with Crippen LogP contribution in [0.15, 0.2) is 18.2 Å². The van der Waals surface area contributed by atoms with E-state index in [1.165, 1.54) is 6.07 Å². The van der Waals surface area contributed by atoms with Crippen molar-refractivity contribution in [3.63, 3.8) is 0 Å². The van der Waals surface area contributed by atoms with Crippen molar-refractivity contribution in [3.8, 4) is 11.8 Å². The lowest BCUT2D eigenvalue weighted by Gasteiger charge is -2.15. The number of nitrogens with one attached hydrogen (secondary N) is 1. The maximum Gasteiger partial charge on any atom is 0.310 e. The summed E-state index contributed by atoms with van der Waals surface area (Å²) in [6.07, 6.45) is 0.512. The van der Waals surface area contributed by atoms with Crippen molar-refractivity contribution in [1.82, 2.24) is 5.32 Å². The predicted molar refractivity (Wildman–Crippen MR) is 80.0 cm³/mol. The highest BCUT2D eigenvalue weighted by Gasteiger charge is 2.19. The standard InChI is InChI=1S/C15H21N3O3/c1-4-17-10-12-5-6-13(18(19)20)14(9-12)21-8-7-15(2,3)11-16/h5-6,9,17H,4,7-8,10H2,1-3H3. The lowest BCUT2D eigenvalue weighted by atomic mass is 9.92. The van der Waals surface area contributed by atoms with E-state index in [1.807, 2.05) is 20.8 Å². The minimum atomic E-state index is -0.504. The monoisotopic (exact) mass is 291 g/mol. The first kappa shape index (κ1) is 16.9. The van der Waals surface area contributed by atoms with Gasteiger partial charge in [-0.2, -0.15) is 5.26 Å². The molecular formula is C15H21N3O3. The summed E-state index contributed by atoms with van der Waals surface area (Å²) in [6, 6.07) is 7.03. The fraction of sp³-hybridized carbons (Fsp3) is 0.533. The van der Waals surface area contributed by atoms with E-state index in [0.717, 1.165) is 12.1 Å². The van der Waals surface area contributed by atoms with Crippen molar-refractivity contribution >= 4 is 5.69 Å². The predicted octanol–water partition coefficient (Wildman–Crippen LogP) is 3.02. The van der Waals surface area contributed by atoms with E-state index < -0.39 is 10.3 Å². The van der Waals surface area contributed by atoms with Crippen molar-refractivity contribution in [2.75, 3.05) is 13.2 Å². The summed E-state index contributed by atoms with van der Waals surface area (Å²) < 4.78 is 5.54. The van der Waals surface area contributed by atoms with Gasteiger partial charge in [-0.3, -0.25) is 10.1 Å². The summed E-state index contributed by atoms with van der Waals surface area (Å²) in [7, 11) is 0. The summed E-state index contributed by atoms with van der Waals surface area (Å²) in [5.74, 6) is 0.254. The van der Waals surface area contributed by atoms with E-state index >= 15 is 0 Å². The van der Waals surface area contributed by atoms with Crippen molar-refractivity contribution in [2.45, 2.75) is 33.7 Å². The van der Waals surface area contributed by atoms with Crippen LogP contribution in [0, 0.1) is 26.9 Å². The maximum atomic E-state index is 11.0. The van der Waals surface area contributed by atoms with Gasteiger partial charge in [-0.1, -0.05) is 13.0 Å². The van der Waals surface area contributed by atoms with Crippen LogP contribution in [0.3, 0.4) is 0 Å². The molecule has 0 aliphatic heterocycles. The second-order valence-corrected chi connectivity index (χ2v) is 5.43. The Hall–Kier alpha value is -2.13. The molecule has 0 heterocycles. The average molecular weight is 291 g/mol. The highest BCUT2D eigenvalue weighted by Crippen LogP contribution is 2.29. The lowest BCUT2D eigenvalue weighted by Crippen LogP contribution is -2.14. The molecule has 0 aromatic heterocycles. The molecule has 1 N–H and O–H groups in total. The van der Waals surface area contributed by atoms with Gasteiger partial charge in [-0.15, -0.1) is 0 Å². The summed E-state index contributed by atoms with van der Waals surface area (Å²) in [5, 5.41) is 23.1. The van der Waals surface area contributed by atoms with Gasteiger partial charge in [-0.05, 0) is 38.4 Å². The number of nitro groups is 1. The Morgan fingerprint density at radius 1 is 1.48 bits per heavy atom. The first-order valence-corrected chi connectivity index (χ1v) is 6.91. The number of hydrogen-bond donors (Lipinski definition) is 1. The fourth-order valence-electron chi connectivity index (χ4n) is 1.68. The van der Waals surface area contributed by atoms with Crippen LogP contribution in [0.2, 0.25) is 0 Å². The Morgan fingerprint density at radius 3 is 2.76 bits per heavy atom. The van der Waals surface area contributed by atoms with E-state index in [2.05, 4.69) is 11.4 Å². The average Bonchev–Trinajstić information content (AvgIpc) is 2.44. The first-order chi connectivity index (χ1) is 9.89. The zero-order chi connectivity index (χ0) is 15.9. The molecule has 6 heteroatoms. The van der Waals surface area contributed by atoms with Crippen LogP contribution in [0.4, 0.5) is 5.69 Å². The largest absolute Gasteiger partial charge is 0.487 e. The number of nitro benzene ring substituents is 1. The number of ether oxygens (including phenoxy) is 1. The highest BCUT2D eigenvalue weighted by molar-refractivity contribution is 5.48. The zero-order valence-corrected chi connectivity index (χ0v) is 12.7. The van der Waals surface area contributed by atoms with Crippen molar-refractivity contribution in [2.24, 2.45) is 5.41 Å². The molecule has 0 aliphatic carbocycles. The molecule has 114 valence electrons. The topological polar surface area (TPSA) is 88.2 Å². The van der Waals surface area contributed by atoms with Gasteiger partial charge < -0.3 is 10.1 Å². The van der Waals surface area contributed by atoms with Crippen LogP contribution in [-0.4, -0.2) is 18.1 Å². The van der Waals surface area contributed by atoms with Crippen molar-refractivity contribution < 1.29 is 9.66 Å². The molecule has 0 amide bonds. The molecule has 0 unspecified atom stereocenters. The van der Waals surface area contributed by atoms with Crippen LogP contribution >= 0.6 is 0 Å². The van der Waals surface area contributed by atoms with E-state index in [1.54, 1.807) is 12.1 Å². The van der Waals surface area contributed by atoms with Gasteiger partial charge >= 0.3 is 5.69 Å². The molecular weight excluding hydrogens is 270 g/mol. The van der Waals surface area contributed by atoms with Crippen LogP contribution in [0.1, 0.15) is 32.8 Å². The molecule has 6 nitrogen and oxygen atoms in total. The third-order valence-corrected chi connectivity index (χ3v) is 3.09. The zero-order valence-electron chi connectivity index (χ0n) is 12.7. The molecule has 21 heavy (non-hydrogen) atoms. The molecule has 0 aliphatic rings. The number of rotatable bonds is 8. The molecule has 0 fully saturated rings. The van der Waals surface area contributed by atoms with Crippen molar-refractivity contribution in [3.05, 3.63) is 33.9 Å². The molecule has 0 spiro atoms. The second kappa shape index (κ2) is 7.60. The molecule has 0 atom stereocenters. The number of nitrogens with zero attached hydrogens (tertiary/aromatic N) is 2. The second-order valence-electron chi connectivity index (χ2n) is 5.43. The number of nitriles is 1.